The number of benzene rings is 1. The number of carbonyl (C=O) groups excluding carboxylic acids is 3. The van der Waals surface area contributed by atoms with E-state index in [-0.39, 0.29) is 18.7 Å². The van der Waals surface area contributed by atoms with Gasteiger partial charge in [-0.25, -0.2) is 5.01 Å². The normalized spacial score (nSPS) is 14.3. The molecule has 1 heterocycles. The number of nitrogens with one attached hydrogen (secondary N) is 1. The van der Waals surface area contributed by atoms with E-state index in [1.165, 1.54) is 18.0 Å². The van der Waals surface area contributed by atoms with Crippen molar-refractivity contribution in [3.8, 4) is 0 Å². The van der Waals surface area contributed by atoms with E-state index >= 15 is 0 Å². The summed E-state index contributed by atoms with van der Waals surface area (Å²) in [6, 6.07) is 9.66. The minimum Gasteiger partial charge on any atom is -0.453 e. The maximum Gasteiger partial charge on any atom is 0.307 e. The molecule has 2 rings (SSSR count). The molecule has 1 atom stereocenters. The van der Waals surface area contributed by atoms with Gasteiger partial charge in [0.2, 0.25) is 5.91 Å². The van der Waals surface area contributed by atoms with Crippen LogP contribution < -0.4 is 5.32 Å². The highest BCUT2D eigenvalue weighted by atomic mass is 16.5. The Balaban J connectivity index is 1.78. The molecule has 0 aliphatic carbocycles. The van der Waals surface area contributed by atoms with Crippen molar-refractivity contribution in [3.05, 3.63) is 48.6 Å². The monoisotopic (exact) mass is 357 g/mol. The van der Waals surface area contributed by atoms with E-state index in [4.69, 9.17) is 4.74 Å². The van der Waals surface area contributed by atoms with Gasteiger partial charge in [0.25, 0.3) is 5.91 Å². The summed E-state index contributed by atoms with van der Waals surface area (Å²) in [6.07, 6.45) is 1.20. The quantitative estimate of drug-likeness (QED) is 0.566. The number of nitrogens with zero attached hydrogens (tertiary/aromatic N) is 2. The molecule has 0 bridgehead atoms. The van der Waals surface area contributed by atoms with Crippen molar-refractivity contribution in [1.82, 2.24) is 10.3 Å². The van der Waals surface area contributed by atoms with Gasteiger partial charge in [-0.1, -0.05) is 36.4 Å². The molecule has 2 amide bonds. The minimum atomic E-state index is -0.910. The van der Waals surface area contributed by atoms with E-state index < -0.39 is 18.0 Å². The fourth-order valence-corrected chi connectivity index (χ4v) is 2.43. The number of esters is 1. The van der Waals surface area contributed by atoms with Gasteiger partial charge in [-0.3, -0.25) is 14.4 Å². The molecule has 1 aromatic rings. The molecule has 0 saturated carbocycles. The standard InChI is InChI=1S/C19H23N3O4/c1-3-12-20-19(25)14(2)26-18(24)10-9-17(23)22-13-11-16(21-22)15-7-5-4-6-8-15/h3-8,14H,1,9-13H2,2H3,(H,20,25). The molecule has 1 aliphatic heterocycles. The number of rotatable bonds is 8. The largest absolute Gasteiger partial charge is 0.453 e. The van der Waals surface area contributed by atoms with Crippen LogP contribution in [0.3, 0.4) is 0 Å². The van der Waals surface area contributed by atoms with Crippen molar-refractivity contribution in [3.63, 3.8) is 0 Å². The maximum atomic E-state index is 12.2. The van der Waals surface area contributed by atoms with Crippen molar-refractivity contribution in [2.24, 2.45) is 5.10 Å². The molecule has 7 nitrogen and oxygen atoms in total. The van der Waals surface area contributed by atoms with Gasteiger partial charge in [0, 0.05) is 19.4 Å². The summed E-state index contributed by atoms with van der Waals surface area (Å²) in [5, 5.41) is 8.26. The van der Waals surface area contributed by atoms with Crippen LogP contribution >= 0.6 is 0 Å². The first-order valence-corrected chi connectivity index (χ1v) is 8.52. The highest BCUT2D eigenvalue weighted by molar-refractivity contribution is 6.02. The van der Waals surface area contributed by atoms with Gasteiger partial charge in [-0.05, 0) is 12.5 Å². The third-order valence-corrected chi connectivity index (χ3v) is 3.84. The molecular weight excluding hydrogens is 334 g/mol. The van der Waals surface area contributed by atoms with E-state index in [1.54, 1.807) is 0 Å². The molecule has 1 unspecified atom stereocenters. The molecule has 1 aromatic carbocycles. The summed E-state index contributed by atoms with van der Waals surface area (Å²) < 4.78 is 5.02. The van der Waals surface area contributed by atoms with Crippen LogP contribution in [-0.4, -0.2) is 47.7 Å². The summed E-state index contributed by atoms with van der Waals surface area (Å²) in [4.78, 5) is 35.6. The Bertz CT molecular complexity index is 700. The van der Waals surface area contributed by atoms with Crippen LogP contribution in [-0.2, 0) is 19.1 Å². The Morgan fingerprint density at radius 2 is 2.04 bits per heavy atom. The maximum absolute atomic E-state index is 12.2. The molecule has 1 aliphatic rings. The SMILES string of the molecule is C=CCNC(=O)C(C)OC(=O)CCC(=O)N1CCC(c2ccccc2)=N1. The van der Waals surface area contributed by atoms with Gasteiger partial charge in [-0.15, -0.1) is 6.58 Å². The van der Waals surface area contributed by atoms with Crippen LogP contribution in [0.2, 0.25) is 0 Å². The zero-order valence-corrected chi connectivity index (χ0v) is 14.8. The molecule has 0 fully saturated rings. The number of carbonyl (C=O) groups is 3. The first-order valence-electron chi connectivity index (χ1n) is 8.52. The fourth-order valence-electron chi connectivity index (χ4n) is 2.43. The van der Waals surface area contributed by atoms with Crippen LogP contribution in [0.15, 0.2) is 48.1 Å². The average molecular weight is 357 g/mol. The zero-order chi connectivity index (χ0) is 18.9. The Labute approximate surface area is 152 Å². The molecule has 138 valence electrons. The lowest BCUT2D eigenvalue weighted by Gasteiger charge is -2.14. The Morgan fingerprint density at radius 1 is 1.31 bits per heavy atom. The highest BCUT2D eigenvalue weighted by Crippen LogP contribution is 2.15. The number of hydrazone groups is 1. The van der Waals surface area contributed by atoms with E-state index in [0.717, 1.165) is 11.3 Å². The first-order chi connectivity index (χ1) is 12.5. The van der Waals surface area contributed by atoms with Crippen LogP contribution in [0.25, 0.3) is 0 Å². The molecule has 26 heavy (non-hydrogen) atoms. The lowest BCUT2D eigenvalue weighted by atomic mass is 10.1. The Kier molecular flexibility index (Phi) is 7.08. The molecule has 0 aromatic heterocycles. The van der Waals surface area contributed by atoms with Crippen molar-refractivity contribution >= 4 is 23.5 Å². The lowest BCUT2D eigenvalue weighted by molar-refractivity contribution is -0.155. The summed E-state index contributed by atoms with van der Waals surface area (Å²) in [6.45, 7) is 5.77. The molecule has 7 heteroatoms. The van der Waals surface area contributed by atoms with Gasteiger partial charge in [0.1, 0.15) is 0 Å². The van der Waals surface area contributed by atoms with Crippen molar-refractivity contribution in [2.45, 2.75) is 32.3 Å². The predicted octanol–water partition coefficient (Wildman–Crippen LogP) is 1.64. The highest BCUT2D eigenvalue weighted by Gasteiger charge is 2.23. The van der Waals surface area contributed by atoms with Crippen LogP contribution in [0.1, 0.15) is 31.7 Å². The molecule has 0 saturated heterocycles. The molecular formula is C19H23N3O4. The summed E-state index contributed by atoms with van der Waals surface area (Å²) in [5.74, 6) is -1.23. The smallest absolute Gasteiger partial charge is 0.307 e. The van der Waals surface area contributed by atoms with Crippen molar-refractivity contribution < 1.29 is 19.1 Å². The van der Waals surface area contributed by atoms with Crippen LogP contribution in [0.4, 0.5) is 0 Å². The zero-order valence-electron chi connectivity index (χ0n) is 14.8. The molecule has 0 radical (unpaired) electrons. The summed E-state index contributed by atoms with van der Waals surface area (Å²) >= 11 is 0. The van der Waals surface area contributed by atoms with Gasteiger partial charge in [0.15, 0.2) is 6.10 Å². The second kappa shape index (κ2) is 9.50. The number of hydrogen-bond donors (Lipinski definition) is 1. The lowest BCUT2D eigenvalue weighted by Crippen LogP contribution is -2.36. The van der Waals surface area contributed by atoms with Crippen molar-refractivity contribution in [2.75, 3.05) is 13.1 Å². The minimum absolute atomic E-state index is 0.00853. The number of hydrogen-bond acceptors (Lipinski definition) is 5. The topological polar surface area (TPSA) is 88.1 Å². The Morgan fingerprint density at radius 3 is 2.73 bits per heavy atom. The number of amides is 2. The van der Waals surface area contributed by atoms with E-state index in [0.29, 0.717) is 19.5 Å². The first kappa shape index (κ1) is 19.4. The van der Waals surface area contributed by atoms with Crippen LogP contribution in [0.5, 0.6) is 0 Å². The van der Waals surface area contributed by atoms with E-state index in [2.05, 4.69) is 17.0 Å². The van der Waals surface area contributed by atoms with Gasteiger partial charge < -0.3 is 10.1 Å². The predicted molar refractivity (Wildman–Crippen MR) is 97.3 cm³/mol. The van der Waals surface area contributed by atoms with E-state index in [9.17, 15) is 14.4 Å². The molecule has 1 N–H and O–H groups in total. The van der Waals surface area contributed by atoms with Crippen molar-refractivity contribution in [1.29, 1.82) is 0 Å². The second-order valence-electron chi connectivity index (χ2n) is 5.85. The number of ether oxygens (including phenoxy) is 1. The fraction of sp³-hybridized carbons (Fsp3) is 0.368. The summed E-state index contributed by atoms with van der Waals surface area (Å²) in [5.41, 5.74) is 1.84. The summed E-state index contributed by atoms with van der Waals surface area (Å²) in [7, 11) is 0. The van der Waals surface area contributed by atoms with Crippen LogP contribution in [0, 0.1) is 0 Å². The second-order valence-corrected chi connectivity index (χ2v) is 5.85. The third kappa shape index (κ3) is 5.54. The van der Waals surface area contributed by atoms with E-state index in [1.807, 2.05) is 30.3 Å². The van der Waals surface area contributed by atoms with Gasteiger partial charge >= 0.3 is 5.97 Å². The molecule has 0 spiro atoms. The average Bonchev–Trinajstić information content (AvgIpc) is 3.15. The third-order valence-electron chi connectivity index (χ3n) is 3.84. The van der Waals surface area contributed by atoms with Gasteiger partial charge in [0.05, 0.1) is 18.7 Å². The van der Waals surface area contributed by atoms with Gasteiger partial charge in [-0.2, -0.15) is 5.10 Å². The Hall–Kier alpha value is -2.96.